The number of ether oxygens (including phenoxy) is 1. The molecule has 0 saturated carbocycles. The van der Waals surface area contributed by atoms with E-state index in [1.807, 2.05) is 72.9 Å². The fraction of sp³-hybridized carbons (Fsp3) is 0.0769. The molecular formula is C26H19ClN2O2S. The summed E-state index contributed by atoms with van der Waals surface area (Å²) in [6.45, 7) is 0.639. The summed E-state index contributed by atoms with van der Waals surface area (Å²) in [6.07, 6.45) is 5.45. The highest BCUT2D eigenvalue weighted by Crippen LogP contribution is 2.33. The predicted molar refractivity (Wildman–Crippen MR) is 130 cm³/mol. The molecule has 0 N–H and O–H groups in total. The molecule has 0 radical (unpaired) electrons. The van der Waals surface area contributed by atoms with Gasteiger partial charge in [0.25, 0.3) is 0 Å². The molecule has 0 bridgehead atoms. The van der Waals surface area contributed by atoms with E-state index in [2.05, 4.69) is 9.55 Å². The fourth-order valence-electron chi connectivity index (χ4n) is 3.77. The standard InChI is InChI=1S/C26H19ClN2O2S/c1-31-20-6-7-23-21(14-20)22(16-29(23)15-17-2-4-19(27)5-3-17)26(30)25-9-8-24(32-25)18-10-12-28-13-11-18/h2-14,16H,15H2,1H3. The van der Waals surface area contributed by atoms with Crippen LogP contribution in [0, 0.1) is 0 Å². The van der Waals surface area contributed by atoms with Crippen LogP contribution in [0.1, 0.15) is 20.8 Å². The molecule has 5 aromatic rings. The number of hydrogen-bond donors (Lipinski definition) is 0. The Balaban J connectivity index is 1.56. The number of aromatic nitrogens is 2. The van der Waals surface area contributed by atoms with E-state index in [0.717, 1.165) is 32.7 Å². The number of rotatable bonds is 6. The molecule has 0 aliphatic rings. The second-order valence-electron chi connectivity index (χ2n) is 7.41. The Bertz CT molecular complexity index is 1410. The number of nitrogens with zero attached hydrogens (tertiary/aromatic N) is 2. The number of halogens is 1. The highest BCUT2D eigenvalue weighted by Gasteiger charge is 2.19. The van der Waals surface area contributed by atoms with Crippen LogP contribution >= 0.6 is 22.9 Å². The van der Waals surface area contributed by atoms with Crippen molar-refractivity contribution in [2.75, 3.05) is 7.11 Å². The van der Waals surface area contributed by atoms with Gasteiger partial charge in [0.05, 0.1) is 12.0 Å². The number of hydrogen-bond acceptors (Lipinski definition) is 4. The van der Waals surface area contributed by atoms with Gasteiger partial charge < -0.3 is 9.30 Å². The average Bonchev–Trinajstić information content (AvgIpc) is 3.46. The molecule has 0 aliphatic heterocycles. The smallest absolute Gasteiger partial charge is 0.205 e. The number of carbonyl (C=O) groups excluding carboxylic acids is 1. The van der Waals surface area contributed by atoms with Crippen molar-refractivity contribution in [3.63, 3.8) is 0 Å². The van der Waals surface area contributed by atoms with Crippen LogP contribution in [0.25, 0.3) is 21.3 Å². The zero-order valence-corrected chi connectivity index (χ0v) is 18.9. The molecule has 158 valence electrons. The van der Waals surface area contributed by atoms with Crippen LogP contribution in [-0.2, 0) is 6.54 Å². The number of thiophene rings is 1. The van der Waals surface area contributed by atoms with Crippen LogP contribution in [0.5, 0.6) is 5.75 Å². The van der Waals surface area contributed by atoms with E-state index >= 15 is 0 Å². The van der Waals surface area contributed by atoms with E-state index < -0.39 is 0 Å². The SMILES string of the molecule is COc1ccc2c(c1)c(C(=O)c1ccc(-c3ccncc3)s1)cn2Cc1ccc(Cl)cc1. The van der Waals surface area contributed by atoms with Gasteiger partial charge in [-0.2, -0.15) is 0 Å². The first-order valence-electron chi connectivity index (χ1n) is 10.1. The van der Waals surface area contributed by atoms with Gasteiger partial charge in [0.1, 0.15) is 5.75 Å². The molecule has 5 rings (SSSR count). The summed E-state index contributed by atoms with van der Waals surface area (Å²) < 4.78 is 7.53. The first-order valence-corrected chi connectivity index (χ1v) is 11.3. The number of carbonyl (C=O) groups is 1. The summed E-state index contributed by atoms with van der Waals surface area (Å²) in [7, 11) is 1.63. The summed E-state index contributed by atoms with van der Waals surface area (Å²) in [6, 6.07) is 21.4. The van der Waals surface area contributed by atoms with E-state index in [9.17, 15) is 4.79 Å². The van der Waals surface area contributed by atoms with E-state index in [0.29, 0.717) is 22.0 Å². The maximum Gasteiger partial charge on any atom is 0.205 e. The lowest BCUT2D eigenvalue weighted by molar-refractivity contribution is 0.104. The molecule has 2 aromatic carbocycles. The van der Waals surface area contributed by atoms with Crippen LogP contribution in [-0.4, -0.2) is 22.4 Å². The normalized spacial score (nSPS) is 11.1. The van der Waals surface area contributed by atoms with Gasteiger partial charge in [-0.3, -0.25) is 9.78 Å². The minimum Gasteiger partial charge on any atom is -0.497 e. The van der Waals surface area contributed by atoms with E-state index in [-0.39, 0.29) is 5.78 Å². The molecule has 6 heteroatoms. The van der Waals surface area contributed by atoms with Gasteiger partial charge in [-0.25, -0.2) is 0 Å². The lowest BCUT2D eigenvalue weighted by Gasteiger charge is -2.06. The van der Waals surface area contributed by atoms with Crippen LogP contribution in [0.3, 0.4) is 0 Å². The molecule has 32 heavy (non-hydrogen) atoms. The highest BCUT2D eigenvalue weighted by molar-refractivity contribution is 7.17. The lowest BCUT2D eigenvalue weighted by Crippen LogP contribution is -1.99. The summed E-state index contributed by atoms with van der Waals surface area (Å²) in [5, 5.41) is 1.58. The van der Waals surface area contributed by atoms with Crippen molar-refractivity contribution in [1.82, 2.24) is 9.55 Å². The third-order valence-electron chi connectivity index (χ3n) is 5.39. The third-order valence-corrected chi connectivity index (χ3v) is 6.78. The van der Waals surface area contributed by atoms with Gasteiger partial charge in [-0.05, 0) is 65.7 Å². The van der Waals surface area contributed by atoms with E-state index in [1.165, 1.54) is 11.3 Å². The van der Waals surface area contributed by atoms with Crippen molar-refractivity contribution in [3.8, 4) is 16.2 Å². The molecule has 0 fully saturated rings. The summed E-state index contributed by atoms with van der Waals surface area (Å²) >= 11 is 7.52. The Labute approximate surface area is 194 Å². The number of fused-ring (bicyclic) bond motifs is 1. The Morgan fingerprint density at radius 3 is 2.56 bits per heavy atom. The summed E-state index contributed by atoms with van der Waals surface area (Å²) in [4.78, 5) is 19.3. The van der Waals surface area contributed by atoms with Gasteiger partial charge in [-0.15, -0.1) is 11.3 Å². The first kappa shape index (κ1) is 20.5. The van der Waals surface area contributed by atoms with Crippen LogP contribution in [0.2, 0.25) is 5.02 Å². The minimum atomic E-state index is 0.00316. The molecule has 0 amide bonds. The third kappa shape index (κ3) is 3.93. The van der Waals surface area contributed by atoms with Crippen molar-refractivity contribution >= 4 is 39.6 Å². The summed E-state index contributed by atoms with van der Waals surface area (Å²) in [5.41, 5.74) is 3.80. The molecular weight excluding hydrogens is 440 g/mol. The maximum atomic E-state index is 13.5. The zero-order chi connectivity index (χ0) is 22.1. The predicted octanol–water partition coefficient (Wildman–Crippen LogP) is 6.71. The van der Waals surface area contributed by atoms with Crippen molar-refractivity contribution in [2.24, 2.45) is 0 Å². The van der Waals surface area contributed by atoms with Gasteiger partial charge in [0, 0.05) is 51.5 Å². The molecule has 0 atom stereocenters. The molecule has 0 aliphatic carbocycles. The van der Waals surface area contributed by atoms with Gasteiger partial charge in [-0.1, -0.05) is 23.7 Å². The van der Waals surface area contributed by atoms with Crippen LogP contribution in [0.15, 0.2) is 85.3 Å². The first-order chi connectivity index (χ1) is 15.6. The molecule has 3 aromatic heterocycles. The van der Waals surface area contributed by atoms with Gasteiger partial charge in [0.15, 0.2) is 0 Å². The average molecular weight is 459 g/mol. The Morgan fingerprint density at radius 2 is 1.81 bits per heavy atom. The maximum absolute atomic E-state index is 13.5. The summed E-state index contributed by atoms with van der Waals surface area (Å²) in [5.74, 6) is 0.725. The highest BCUT2D eigenvalue weighted by atomic mass is 35.5. The second-order valence-corrected chi connectivity index (χ2v) is 8.93. The fourth-order valence-corrected chi connectivity index (χ4v) is 4.86. The largest absolute Gasteiger partial charge is 0.497 e. The Morgan fingerprint density at radius 1 is 1.03 bits per heavy atom. The lowest BCUT2D eigenvalue weighted by atomic mass is 10.1. The van der Waals surface area contributed by atoms with E-state index in [1.54, 1.807) is 19.5 Å². The van der Waals surface area contributed by atoms with Crippen molar-refractivity contribution in [2.45, 2.75) is 6.54 Å². The van der Waals surface area contributed by atoms with Crippen molar-refractivity contribution < 1.29 is 9.53 Å². The number of methoxy groups -OCH3 is 1. The van der Waals surface area contributed by atoms with Gasteiger partial charge in [0.2, 0.25) is 5.78 Å². The van der Waals surface area contributed by atoms with Gasteiger partial charge >= 0.3 is 0 Å². The number of ketones is 1. The molecule has 3 heterocycles. The van der Waals surface area contributed by atoms with Crippen molar-refractivity contribution in [3.05, 3.63) is 106 Å². The van der Waals surface area contributed by atoms with E-state index in [4.69, 9.17) is 16.3 Å². The number of benzene rings is 2. The minimum absolute atomic E-state index is 0.00316. The monoisotopic (exact) mass is 458 g/mol. The van der Waals surface area contributed by atoms with Crippen LogP contribution in [0.4, 0.5) is 0 Å². The second kappa shape index (κ2) is 8.61. The quantitative estimate of drug-likeness (QED) is 0.266. The molecule has 0 saturated heterocycles. The topological polar surface area (TPSA) is 44.1 Å². The van der Waals surface area contributed by atoms with Crippen molar-refractivity contribution in [1.29, 1.82) is 0 Å². The molecule has 0 unspecified atom stereocenters. The molecule has 4 nitrogen and oxygen atoms in total. The van der Waals surface area contributed by atoms with Crippen LogP contribution < -0.4 is 4.74 Å². The number of pyridine rings is 1. The Hall–Kier alpha value is -3.41. The zero-order valence-electron chi connectivity index (χ0n) is 17.3. The molecule has 0 spiro atoms. The Kier molecular flexibility index (Phi) is 5.52.